The fraction of sp³-hybridized carbons (Fsp3) is 0.409. The van der Waals surface area contributed by atoms with Gasteiger partial charge in [0.05, 0.1) is 12.1 Å². The average molecular weight is 436 g/mol. The predicted octanol–water partition coefficient (Wildman–Crippen LogP) is 4.47. The molecule has 1 aliphatic carbocycles. The van der Waals surface area contributed by atoms with Gasteiger partial charge in [-0.25, -0.2) is 4.79 Å². The summed E-state index contributed by atoms with van der Waals surface area (Å²) in [4.78, 5) is 12.8. The highest BCUT2D eigenvalue weighted by atomic mass is 19.4. The maximum atomic E-state index is 12.8. The lowest BCUT2D eigenvalue weighted by Gasteiger charge is -2.38. The van der Waals surface area contributed by atoms with Crippen LogP contribution < -0.4 is 20.1 Å². The molecule has 166 valence electrons. The first kappa shape index (κ1) is 21.3. The van der Waals surface area contributed by atoms with Crippen LogP contribution in [-0.4, -0.2) is 29.2 Å². The first-order valence-electron chi connectivity index (χ1n) is 9.95. The SMILES string of the molecule is CC1(C)C[C@@H](NC(=O)Nc2cccc3c2C[C@@H](O)C3)c2cccc(OC(F)(F)F)c2O1. The van der Waals surface area contributed by atoms with Crippen molar-refractivity contribution < 1.29 is 32.5 Å². The molecule has 1 aliphatic heterocycles. The van der Waals surface area contributed by atoms with E-state index < -0.39 is 35.9 Å². The smallest absolute Gasteiger partial charge is 0.483 e. The Labute approximate surface area is 177 Å². The number of anilines is 1. The van der Waals surface area contributed by atoms with Gasteiger partial charge in [-0.05, 0) is 43.5 Å². The maximum absolute atomic E-state index is 12.8. The zero-order valence-corrected chi connectivity index (χ0v) is 17.0. The van der Waals surface area contributed by atoms with Crippen molar-refractivity contribution in [3.63, 3.8) is 0 Å². The number of benzene rings is 2. The third kappa shape index (κ3) is 4.71. The summed E-state index contributed by atoms with van der Waals surface area (Å²) < 4.78 is 48.3. The number of carbonyl (C=O) groups is 1. The Morgan fingerprint density at radius 1 is 1.19 bits per heavy atom. The van der Waals surface area contributed by atoms with Gasteiger partial charge in [-0.2, -0.15) is 0 Å². The number of alkyl halides is 3. The molecule has 0 bridgehead atoms. The number of carbonyl (C=O) groups excluding carboxylic acids is 1. The highest BCUT2D eigenvalue weighted by Crippen LogP contribution is 2.46. The zero-order valence-electron chi connectivity index (χ0n) is 17.0. The first-order chi connectivity index (χ1) is 14.5. The minimum absolute atomic E-state index is 0.0369. The monoisotopic (exact) mass is 436 g/mol. The van der Waals surface area contributed by atoms with Gasteiger partial charge in [0.15, 0.2) is 11.5 Å². The summed E-state index contributed by atoms with van der Waals surface area (Å²) in [6.07, 6.45) is -3.99. The zero-order chi connectivity index (χ0) is 22.4. The second kappa shape index (κ2) is 7.64. The molecule has 0 fully saturated rings. The molecule has 0 spiro atoms. The number of rotatable bonds is 3. The molecule has 2 atom stereocenters. The number of halogens is 3. The molecule has 9 heteroatoms. The van der Waals surface area contributed by atoms with Gasteiger partial charge in [0, 0.05) is 24.1 Å². The summed E-state index contributed by atoms with van der Waals surface area (Å²) in [5.41, 5.74) is 2.06. The molecule has 1 heterocycles. The van der Waals surface area contributed by atoms with E-state index in [1.165, 1.54) is 12.1 Å². The lowest BCUT2D eigenvalue weighted by molar-refractivity contribution is -0.275. The number of amides is 2. The number of aliphatic hydroxyl groups excluding tert-OH is 1. The van der Waals surface area contributed by atoms with Crippen LogP contribution in [0.3, 0.4) is 0 Å². The fourth-order valence-electron chi connectivity index (χ4n) is 4.23. The molecular weight excluding hydrogens is 413 g/mol. The fourth-order valence-corrected chi connectivity index (χ4v) is 4.23. The number of hydrogen-bond donors (Lipinski definition) is 3. The van der Waals surface area contributed by atoms with Gasteiger partial charge in [-0.1, -0.05) is 24.3 Å². The molecule has 3 N–H and O–H groups in total. The number of aliphatic hydroxyl groups is 1. The standard InChI is InChI=1S/C22H23F3N2O4/c1-21(2)11-17(14-6-4-8-18(19(14)31-21)30-22(23,24)25)27-20(29)26-16-7-3-5-12-9-13(28)10-15(12)16/h3-8,13,17,28H,9-11H2,1-2H3,(H2,26,27,29)/t13-,17+/m0/s1. The Hall–Kier alpha value is -2.94. The van der Waals surface area contributed by atoms with Crippen LogP contribution in [0.5, 0.6) is 11.5 Å². The Balaban J connectivity index is 1.57. The lowest BCUT2D eigenvalue weighted by Crippen LogP contribution is -2.42. The highest BCUT2D eigenvalue weighted by molar-refractivity contribution is 5.91. The maximum Gasteiger partial charge on any atom is 0.573 e. The van der Waals surface area contributed by atoms with Crippen molar-refractivity contribution in [2.75, 3.05) is 5.32 Å². The average Bonchev–Trinajstić information content (AvgIpc) is 3.02. The Bertz CT molecular complexity index is 1010. The van der Waals surface area contributed by atoms with Crippen molar-refractivity contribution in [3.8, 4) is 11.5 Å². The topological polar surface area (TPSA) is 79.8 Å². The van der Waals surface area contributed by atoms with E-state index in [1.807, 2.05) is 6.07 Å². The van der Waals surface area contributed by atoms with Gasteiger partial charge >= 0.3 is 12.4 Å². The quantitative estimate of drug-likeness (QED) is 0.664. The van der Waals surface area contributed by atoms with Crippen molar-refractivity contribution in [1.82, 2.24) is 5.32 Å². The highest BCUT2D eigenvalue weighted by Gasteiger charge is 2.39. The molecule has 0 aromatic heterocycles. The molecule has 0 radical (unpaired) electrons. The second-order valence-electron chi connectivity index (χ2n) is 8.44. The van der Waals surface area contributed by atoms with Crippen LogP contribution in [0.1, 0.15) is 43.0 Å². The van der Waals surface area contributed by atoms with Crippen LogP contribution in [-0.2, 0) is 12.8 Å². The predicted molar refractivity (Wildman–Crippen MR) is 107 cm³/mol. The summed E-state index contributed by atoms with van der Waals surface area (Å²) in [5, 5.41) is 15.6. The molecule has 2 aromatic carbocycles. The molecule has 0 saturated carbocycles. The van der Waals surface area contributed by atoms with Gasteiger partial charge in [-0.15, -0.1) is 13.2 Å². The van der Waals surface area contributed by atoms with E-state index in [-0.39, 0.29) is 5.75 Å². The van der Waals surface area contributed by atoms with Crippen LogP contribution >= 0.6 is 0 Å². The van der Waals surface area contributed by atoms with E-state index in [0.717, 1.165) is 11.1 Å². The molecular formula is C22H23F3N2O4. The number of hydrogen-bond acceptors (Lipinski definition) is 4. The van der Waals surface area contributed by atoms with E-state index in [0.29, 0.717) is 30.5 Å². The molecule has 0 saturated heterocycles. The van der Waals surface area contributed by atoms with E-state index in [2.05, 4.69) is 15.4 Å². The summed E-state index contributed by atoms with van der Waals surface area (Å²) in [6.45, 7) is 3.47. The minimum atomic E-state index is -4.86. The third-order valence-corrected chi connectivity index (χ3v) is 5.41. The molecule has 0 unspecified atom stereocenters. The van der Waals surface area contributed by atoms with Crippen molar-refractivity contribution in [2.45, 2.75) is 57.2 Å². The molecule has 31 heavy (non-hydrogen) atoms. The Morgan fingerprint density at radius 2 is 1.94 bits per heavy atom. The number of urea groups is 1. The molecule has 2 aromatic rings. The molecule has 2 aliphatic rings. The normalized spacial score (nSPS) is 21.5. The van der Waals surface area contributed by atoms with Gasteiger partial charge in [0.25, 0.3) is 0 Å². The van der Waals surface area contributed by atoms with Gasteiger partial charge < -0.3 is 25.2 Å². The van der Waals surface area contributed by atoms with Crippen molar-refractivity contribution in [1.29, 1.82) is 0 Å². The van der Waals surface area contributed by atoms with Gasteiger partial charge in [-0.3, -0.25) is 0 Å². The number of fused-ring (bicyclic) bond motifs is 2. The van der Waals surface area contributed by atoms with Gasteiger partial charge in [0.1, 0.15) is 5.60 Å². The van der Waals surface area contributed by atoms with E-state index >= 15 is 0 Å². The third-order valence-electron chi connectivity index (χ3n) is 5.41. The minimum Gasteiger partial charge on any atom is -0.483 e. The summed E-state index contributed by atoms with van der Waals surface area (Å²) in [5.74, 6) is -0.482. The molecule has 6 nitrogen and oxygen atoms in total. The van der Waals surface area contributed by atoms with Gasteiger partial charge in [0.2, 0.25) is 0 Å². The van der Waals surface area contributed by atoms with Crippen LogP contribution in [0.25, 0.3) is 0 Å². The molecule has 2 amide bonds. The van der Waals surface area contributed by atoms with E-state index in [1.54, 1.807) is 32.0 Å². The Morgan fingerprint density at radius 3 is 2.68 bits per heavy atom. The van der Waals surface area contributed by atoms with Crippen LogP contribution in [0.2, 0.25) is 0 Å². The van der Waals surface area contributed by atoms with E-state index in [9.17, 15) is 23.1 Å². The van der Waals surface area contributed by atoms with Crippen LogP contribution in [0, 0.1) is 0 Å². The largest absolute Gasteiger partial charge is 0.573 e. The van der Waals surface area contributed by atoms with Crippen molar-refractivity contribution in [3.05, 3.63) is 53.1 Å². The molecule has 4 rings (SSSR count). The number of para-hydroxylation sites is 1. The van der Waals surface area contributed by atoms with Crippen LogP contribution in [0.4, 0.5) is 23.7 Å². The summed E-state index contributed by atoms with van der Waals surface area (Å²) in [7, 11) is 0. The first-order valence-corrected chi connectivity index (χ1v) is 9.95. The number of nitrogens with one attached hydrogen (secondary N) is 2. The summed E-state index contributed by atoms with van der Waals surface area (Å²) >= 11 is 0. The lowest BCUT2D eigenvalue weighted by atomic mass is 9.89. The Kier molecular flexibility index (Phi) is 5.25. The summed E-state index contributed by atoms with van der Waals surface area (Å²) in [6, 6.07) is 8.61. The van der Waals surface area contributed by atoms with Crippen molar-refractivity contribution >= 4 is 11.7 Å². The van der Waals surface area contributed by atoms with Crippen molar-refractivity contribution in [2.24, 2.45) is 0 Å². The van der Waals surface area contributed by atoms with Crippen LogP contribution in [0.15, 0.2) is 36.4 Å². The second-order valence-corrected chi connectivity index (χ2v) is 8.44. The van der Waals surface area contributed by atoms with E-state index in [4.69, 9.17) is 4.74 Å². The number of ether oxygens (including phenoxy) is 2.